The highest BCUT2D eigenvalue weighted by molar-refractivity contribution is 6.32. The number of para-hydroxylation sites is 1. The van der Waals surface area contributed by atoms with Gasteiger partial charge in [0.1, 0.15) is 5.75 Å². The average Bonchev–Trinajstić information content (AvgIpc) is 2.44. The lowest BCUT2D eigenvalue weighted by molar-refractivity contribution is 0.301. The van der Waals surface area contributed by atoms with Gasteiger partial charge in [-0.1, -0.05) is 69.2 Å². The van der Waals surface area contributed by atoms with Crippen molar-refractivity contribution < 1.29 is 4.74 Å². The predicted molar refractivity (Wildman–Crippen MR) is 87.7 cm³/mol. The minimum atomic E-state index is 0.709. The molecule has 0 saturated heterocycles. The molecule has 0 heterocycles. The molecule has 0 aliphatic rings. The van der Waals surface area contributed by atoms with Crippen molar-refractivity contribution in [1.29, 1.82) is 0 Å². The van der Waals surface area contributed by atoms with Gasteiger partial charge in [0.05, 0.1) is 11.6 Å². The Bertz CT molecular complexity index is 368. The molecule has 0 radical (unpaired) electrons. The molecule has 1 rings (SSSR count). The predicted octanol–water partition coefficient (Wildman–Crippen LogP) is 5.19. The van der Waals surface area contributed by atoms with Crippen molar-refractivity contribution in [2.75, 3.05) is 13.7 Å². The Morgan fingerprint density at radius 1 is 1.05 bits per heavy atom. The van der Waals surface area contributed by atoms with Crippen LogP contribution >= 0.6 is 11.6 Å². The largest absolute Gasteiger partial charge is 0.492 e. The lowest BCUT2D eigenvalue weighted by atomic mass is 10.1. The molecule has 2 nitrogen and oxygen atoms in total. The van der Waals surface area contributed by atoms with Crippen LogP contribution in [0.3, 0.4) is 0 Å². The van der Waals surface area contributed by atoms with Gasteiger partial charge in [-0.3, -0.25) is 0 Å². The SMILES string of the molecule is CCCCCCCCCOc1c(Cl)cccc1CNC. The monoisotopic (exact) mass is 297 g/mol. The molecule has 114 valence electrons. The zero-order chi connectivity index (χ0) is 14.6. The second-order valence-electron chi connectivity index (χ2n) is 5.23. The number of halogens is 1. The molecule has 0 bridgehead atoms. The molecule has 0 atom stereocenters. The van der Waals surface area contributed by atoms with Crippen LogP contribution < -0.4 is 10.1 Å². The van der Waals surface area contributed by atoms with Crippen LogP contribution in [0, 0.1) is 0 Å². The van der Waals surface area contributed by atoms with Crippen LogP contribution in [-0.2, 0) is 6.54 Å². The first-order valence-electron chi connectivity index (χ1n) is 7.84. The summed E-state index contributed by atoms with van der Waals surface area (Å²) in [4.78, 5) is 0. The van der Waals surface area contributed by atoms with Gasteiger partial charge in [0.15, 0.2) is 0 Å². The van der Waals surface area contributed by atoms with E-state index in [2.05, 4.69) is 18.3 Å². The van der Waals surface area contributed by atoms with E-state index in [-0.39, 0.29) is 0 Å². The fraction of sp³-hybridized carbons (Fsp3) is 0.647. The molecule has 0 spiro atoms. The summed E-state index contributed by atoms with van der Waals surface area (Å²) in [6.45, 7) is 3.79. The van der Waals surface area contributed by atoms with Crippen molar-refractivity contribution in [3.8, 4) is 5.75 Å². The molecule has 0 saturated carbocycles. The molecule has 0 unspecified atom stereocenters. The molecule has 1 aromatic carbocycles. The number of rotatable bonds is 11. The van der Waals surface area contributed by atoms with E-state index in [4.69, 9.17) is 16.3 Å². The quantitative estimate of drug-likeness (QED) is 0.568. The van der Waals surface area contributed by atoms with E-state index in [9.17, 15) is 0 Å². The number of nitrogens with one attached hydrogen (secondary N) is 1. The summed E-state index contributed by atoms with van der Waals surface area (Å²) < 4.78 is 5.88. The van der Waals surface area contributed by atoms with Gasteiger partial charge in [0, 0.05) is 12.1 Å². The van der Waals surface area contributed by atoms with Gasteiger partial charge in [-0.2, -0.15) is 0 Å². The van der Waals surface area contributed by atoms with Gasteiger partial charge in [0.25, 0.3) is 0 Å². The third-order valence-electron chi connectivity index (χ3n) is 3.41. The Kier molecular flexibility index (Phi) is 9.52. The summed E-state index contributed by atoms with van der Waals surface area (Å²) in [6.07, 6.45) is 9.06. The molecule has 1 N–H and O–H groups in total. The summed E-state index contributed by atoms with van der Waals surface area (Å²) in [5.74, 6) is 0.842. The van der Waals surface area contributed by atoms with E-state index in [1.54, 1.807) is 0 Å². The smallest absolute Gasteiger partial charge is 0.142 e. The van der Waals surface area contributed by atoms with Gasteiger partial charge in [-0.15, -0.1) is 0 Å². The zero-order valence-corrected chi connectivity index (χ0v) is 13.6. The first-order valence-corrected chi connectivity index (χ1v) is 8.22. The van der Waals surface area contributed by atoms with Crippen molar-refractivity contribution in [3.63, 3.8) is 0 Å². The van der Waals surface area contributed by atoms with Crippen molar-refractivity contribution in [3.05, 3.63) is 28.8 Å². The molecular weight excluding hydrogens is 270 g/mol. The van der Waals surface area contributed by atoms with Crippen molar-refractivity contribution in [2.24, 2.45) is 0 Å². The first-order chi connectivity index (χ1) is 9.79. The number of benzene rings is 1. The Morgan fingerprint density at radius 2 is 1.75 bits per heavy atom. The Labute approximate surface area is 128 Å². The van der Waals surface area contributed by atoms with Gasteiger partial charge < -0.3 is 10.1 Å². The van der Waals surface area contributed by atoms with Crippen LogP contribution in [0.5, 0.6) is 5.75 Å². The summed E-state index contributed by atoms with van der Waals surface area (Å²) in [5.41, 5.74) is 1.13. The van der Waals surface area contributed by atoms with Crippen molar-refractivity contribution in [2.45, 2.75) is 58.4 Å². The van der Waals surface area contributed by atoms with Crippen LogP contribution in [0.4, 0.5) is 0 Å². The highest BCUT2D eigenvalue weighted by Gasteiger charge is 2.07. The number of ether oxygens (including phenoxy) is 1. The van der Waals surface area contributed by atoms with Crippen LogP contribution in [-0.4, -0.2) is 13.7 Å². The molecule has 3 heteroatoms. The van der Waals surface area contributed by atoms with E-state index in [0.29, 0.717) is 5.02 Å². The normalized spacial score (nSPS) is 10.8. The minimum absolute atomic E-state index is 0.709. The third-order valence-corrected chi connectivity index (χ3v) is 3.71. The fourth-order valence-electron chi connectivity index (χ4n) is 2.28. The molecule has 0 fully saturated rings. The Morgan fingerprint density at radius 3 is 2.45 bits per heavy atom. The second-order valence-corrected chi connectivity index (χ2v) is 5.64. The summed E-state index contributed by atoms with van der Waals surface area (Å²) in [6, 6.07) is 5.92. The highest BCUT2D eigenvalue weighted by Crippen LogP contribution is 2.28. The van der Waals surface area contributed by atoms with Crippen molar-refractivity contribution in [1.82, 2.24) is 5.32 Å². The maximum atomic E-state index is 6.21. The third kappa shape index (κ3) is 6.62. The molecule has 20 heavy (non-hydrogen) atoms. The highest BCUT2D eigenvalue weighted by atomic mass is 35.5. The topological polar surface area (TPSA) is 21.3 Å². The van der Waals surface area contributed by atoms with Crippen LogP contribution in [0.2, 0.25) is 5.02 Å². The van der Waals surface area contributed by atoms with E-state index < -0.39 is 0 Å². The van der Waals surface area contributed by atoms with Crippen molar-refractivity contribution >= 4 is 11.6 Å². The van der Waals surface area contributed by atoms with Crippen LogP contribution in [0.15, 0.2) is 18.2 Å². The molecule has 0 aromatic heterocycles. The number of hydrogen-bond donors (Lipinski definition) is 1. The average molecular weight is 298 g/mol. The molecule has 0 aliphatic carbocycles. The number of hydrogen-bond acceptors (Lipinski definition) is 2. The van der Waals surface area contributed by atoms with E-state index >= 15 is 0 Å². The maximum Gasteiger partial charge on any atom is 0.142 e. The Hall–Kier alpha value is -0.730. The zero-order valence-electron chi connectivity index (χ0n) is 12.9. The summed E-state index contributed by atoms with van der Waals surface area (Å²) in [5, 5.41) is 3.85. The van der Waals surface area contributed by atoms with Gasteiger partial charge >= 0.3 is 0 Å². The standard InChI is InChI=1S/C17H28ClNO/c1-3-4-5-6-7-8-9-13-20-17-15(14-19-2)11-10-12-16(17)18/h10-12,19H,3-9,13-14H2,1-2H3. The second kappa shape index (κ2) is 11.0. The number of unbranched alkanes of at least 4 members (excludes halogenated alkanes) is 6. The van der Waals surface area contributed by atoms with Gasteiger partial charge in [-0.25, -0.2) is 0 Å². The molecule has 0 aliphatic heterocycles. The molecule has 0 amide bonds. The Balaban J connectivity index is 2.24. The molecular formula is C17H28ClNO. The lowest BCUT2D eigenvalue weighted by Crippen LogP contribution is -2.08. The maximum absolute atomic E-state index is 6.21. The van der Waals surface area contributed by atoms with E-state index in [1.807, 2.05) is 19.2 Å². The summed E-state index contributed by atoms with van der Waals surface area (Å²) in [7, 11) is 1.93. The summed E-state index contributed by atoms with van der Waals surface area (Å²) >= 11 is 6.21. The molecule has 1 aromatic rings. The van der Waals surface area contributed by atoms with Crippen LogP contribution in [0.1, 0.15) is 57.4 Å². The van der Waals surface area contributed by atoms with E-state index in [1.165, 1.54) is 38.5 Å². The van der Waals surface area contributed by atoms with Gasteiger partial charge in [-0.05, 0) is 19.5 Å². The fourth-order valence-corrected chi connectivity index (χ4v) is 2.53. The lowest BCUT2D eigenvalue weighted by Gasteiger charge is -2.13. The minimum Gasteiger partial charge on any atom is -0.492 e. The van der Waals surface area contributed by atoms with Gasteiger partial charge in [0.2, 0.25) is 0 Å². The van der Waals surface area contributed by atoms with E-state index in [0.717, 1.165) is 30.9 Å². The first kappa shape index (κ1) is 17.3. The van der Waals surface area contributed by atoms with Crippen LogP contribution in [0.25, 0.3) is 0 Å².